The molecule has 5 nitrogen and oxygen atoms in total. The number of aromatic nitrogens is 2. The number of ether oxygens (including phenoxy) is 1. The number of nitrogens with zero attached hydrogens (tertiary/aromatic N) is 2. The van der Waals surface area contributed by atoms with Gasteiger partial charge in [-0.1, -0.05) is 27.7 Å². The summed E-state index contributed by atoms with van der Waals surface area (Å²) in [6, 6.07) is -0.0407. The van der Waals surface area contributed by atoms with Crippen molar-refractivity contribution in [2.24, 2.45) is 17.2 Å². The van der Waals surface area contributed by atoms with Crippen LogP contribution in [-0.4, -0.2) is 17.1 Å². The first kappa shape index (κ1) is 15.9. The Morgan fingerprint density at radius 2 is 1.95 bits per heavy atom. The minimum atomic E-state index is -0.0407. The molecular formula is C14H26N4O. The van der Waals surface area contributed by atoms with Crippen molar-refractivity contribution in [3.05, 3.63) is 18.1 Å². The summed E-state index contributed by atoms with van der Waals surface area (Å²) in [5.74, 6) is 6.74. The molecular weight excluding hydrogens is 240 g/mol. The molecule has 0 radical (unpaired) electrons. The van der Waals surface area contributed by atoms with E-state index in [0.717, 1.165) is 18.5 Å². The molecule has 2 atom stereocenters. The quantitative estimate of drug-likeness (QED) is 0.611. The highest BCUT2D eigenvalue weighted by atomic mass is 16.5. The van der Waals surface area contributed by atoms with Gasteiger partial charge in [-0.2, -0.15) is 0 Å². The largest absolute Gasteiger partial charge is 0.480 e. The van der Waals surface area contributed by atoms with Gasteiger partial charge in [0.25, 0.3) is 0 Å². The Morgan fingerprint density at radius 3 is 2.47 bits per heavy atom. The molecule has 0 aliphatic heterocycles. The fourth-order valence-corrected chi connectivity index (χ4v) is 2.52. The molecule has 5 heteroatoms. The number of methoxy groups -OCH3 is 1. The van der Waals surface area contributed by atoms with Gasteiger partial charge >= 0.3 is 0 Å². The van der Waals surface area contributed by atoms with Crippen LogP contribution in [0.3, 0.4) is 0 Å². The summed E-state index contributed by atoms with van der Waals surface area (Å²) in [5, 5.41) is 0. The van der Waals surface area contributed by atoms with Gasteiger partial charge in [-0.3, -0.25) is 16.3 Å². The van der Waals surface area contributed by atoms with E-state index in [-0.39, 0.29) is 6.04 Å². The molecule has 0 aliphatic rings. The van der Waals surface area contributed by atoms with Crippen molar-refractivity contribution in [2.45, 2.75) is 46.6 Å². The van der Waals surface area contributed by atoms with E-state index in [2.05, 4.69) is 43.1 Å². The molecule has 0 aliphatic carbocycles. The van der Waals surface area contributed by atoms with E-state index < -0.39 is 0 Å². The summed E-state index contributed by atoms with van der Waals surface area (Å²) in [4.78, 5) is 8.51. The minimum Gasteiger partial charge on any atom is -0.480 e. The Labute approximate surface area is 115 Å². The number of hydrogen-bond donors (Lipinski definition) is 2. The first-order chi connectivity index (χ1) is 8.87. The van der Waals surface area contributed by atoms with Crippen molar-refractivity contribution >= 4 is 0 Å². The number of nitrogens with one attached hydrogen (secondary N) is 1. The monoisotopic (exact) mass is 266 g/mol. The van der Waals surface area contributed by atoms with E-state index in [1.54, 1.807) is 19.5 Å². The van der Waals surface area contributed by atoms with Crippen LogP contribution in [0, 0.1) is 11.3 Å². The van der Waals surface area contributed by atoms with E-state index in [1.165, 1.54) is 0 Å². The van der Waals surface area contributed by atoms with Crippen molar-refractivity contribution < 1.29 is 4.74 Å². The summed E-state index contributed by atoms with van der Waals surface area (Å²) in [6.45, 7) is 8.98. The molecule has 0 spiro atoms. The van der Waals surface area contributed by atoms with Crippen molar-refractivity contribution in [1.29, 1.82) is 0 Å². The number of nitrogens with two attached hydrogens (primary N) is 1. The lowest BCUT2D eigenvalue weighted by molar-refractivity contribution is 0.271. The van der Waals surface area contributed by atoms with E-state index in [4.69, 9.17) is 10.6 Å². The van der Waals surface area contributed by atoms with Crippen LogP contribution in [0.25, 0.3) is 0 Å². The Kier molecular flexibility index (Phi) is 5.69. The number of rotatable bonds is 6. The van der Waals surface area contributed by atoms with E-state index in [9.17, 15) is 0 Å². The first-order valence-corrected chi connectivity index (χ1v) is 6.68. The zero-order valence-electron chi connectivity index (χ0n) is 12.6. The lowest BCUT2D eigenvalue weighted by Gasteiger charge is -2.26. The molecule has 0 fully saturated rings. The Hall–Kier alpha value is -1.20. The molecule has 0 aromatic carbocycles. The molecule has 0 saturated carbocycles. The highest BCUT2D eigenvalue weighted by Gasteiger charge is 2.23. The zero-order chi connectivity index (χ0) is 14.5. The SMILES string of the molecule is COc1nccnc1C(CC(C)CC(C)(C)C)NN. The third-order valence-corrected chi connectivity index (χ3v) is 3.01. The summed E-state index contributed by atoms with van der Waals surface area (Å²) in [5.41, 5.74) is 3.91. The van der Waals surface area contributed by atoms with Crippen LogP contribution in [0.1, 0.15) is 52.3 Å². The molecule has 0 amide bonds. The lowest BCUT2D eigenvalue weighted by Crippen LogP contribution is -2.31. The fourth-order valence-electron chi connectivity index (χ4n) is 2.52. The van der Waals surface area contributed by atoms with E-state index in [0.29, 0.717) is 17.2 Å². The van der Waals surface area contributed by atoms with Gasteiger partial charge in [-0.05, 0) is 24.2 Å². The molecule has 0 saturated heterocycles. The van der Waals surface area contributed by atoms with Gasteiger partial charge < -0.3 is 4.74 Å². The molecule has 3 N–H and O–H groups in total. The highest BCUT2D eigenvalue weighted by molar-refractivity contribution is 5.21. The van der Waals surface area contributed by atoms with Crippen molar-refractivity contribution in [3.63, 3.8) is 0 Å². The third kappa shape index (κ3) is 5.12. The lowest BCUT2D eigenvalue weighted by atomic mass is 9.82. The molecule has 2 unspecified atom stereocenters. The van der Waals surface area contributed by atoms with Crippen LogP contribution in [0.15, 0.2) is 12.4 Å². The van der Waals surface area contributed by atoms with E-state index in [1.807, 2.05) is 0 Å². The summed E-state index contributed by atoms with van der Waals surface area (Å²) in [6.07, 6.45) is 5.32. The summed E-state index contributed by atoms with van der Waals surface area (Å²) in [7, 11) is 1.60. The summed E-state index contributed by atoms with van der Waals surface area (Å²) >= 11 is 0. The van der Waals surface area contributed by atoms with Crippen LogP contribution in [0.5, 0.6) is 5.88 Å². The molecule has 1 aromatic heterocycles. The molecule has 108 valence electrons. The standard InChI is InChI=1S/C14H26N4O/c1-10(9-14(2,3)4)8-11(18-15)12-13(19-5)17-7-6-16-12/h6-7,10-11,18H,8-9,15H2,1-5H3. The van der Waals surface area contributed by atoms with Crippen molar-refractivity contribution in [1.82, 2.24) is 15.4 Å². The van der Waals surface area contributed by atoms with Crippen LogP contribution in [0.4, 0.5) is 0 Å². The fraction of sp³-hybridized carbons (Fsp3) is 0.714. The average molecular weight is 266 g/mol. The van der Waals surface area contributed by atoms with Crippen LogP contribution < -0.4 is 16.0 Å². The van der Waals surface area contributed by atoms with Crippen molar-refractivity contribution in [2.75, 3.05) is 7.11 Å². The van der Waals surface area contributed by atoms with Gasteiger partial charge in [0.1, 0.15) is 5.69 Å². The number of hydrogen-bond acceptors (Lipinski definition) is 5. The summed E-state index contributed by atoms with van der Waals surface area (Å²) < 4.78 is 5.24. The smallest absolute Gasteiger partial charge is 0.237 e. The number of hydrazine groups is 1. The van der Waals surface area contributed by atoms with Gasteiger partial charge in [0.2, 0.25) is 5.88 Å². The highest BCUT2D eigenvalue weighted by Crippen LogP contribution is 2.31. The van der Waals surface area contributed by atoms with Gasteiger partial charge in [0.15, 0.2) is 0 Å². The topological polar surface area (TPSA) is 73.1 Å². The van der Waals surface area contributed by atoms with Crippen LogP contribution >= 0.6 is 0 Å². The maximum atomic E-state index is 5.67. The molecule has 0 bridgehead atoms. The minimum absolute atomic E-state index is 0.0407. The van der Waals surface area contributed by atoms with Crippen molar-refractivity contribution in [3.8, 4) is 5.88 Å². The van der Waals surface area contributed by atoms with Gasteiger partial charge in [0, 0.05) is 12.4 Å². The van der Waals surface area contributed by atoms with E-state index >= 15 is 0 Å². The molecule has 19 heavy (non-hydrogen) atoms. The van der Waals surface area contributed by atoms with Gasteiger partial charge in [0.05, 0.1) is 13.2 Å². The van der Waals surface area contributed by atoms with Gasteiger partial charge in [-0.25, -0.2) is 4.98 Å². The predicted molar refractivity (Wildman–Crippen MR) is 76.5 cm³/mol. The maximum absolute atomic E-state index is 5.67. The zero-order valence-corrected chi connectivity index (χ0v) is 12.6. The third-order valence-electron chi connectivity index (χ3n) is 3.01. The maximum Gasteiger partial charge on any atom is 0.237 e. The molecule has 1 heterocycles. The second-order valence-electron chi connectivity index (χ2n) is 6.28. The van der Waals surface area contributed by atoms with Gasteiger partial charge in [-0.15, -0.1) is 0 Å². The molecule has 1 aromatic rings. The molecule has 1 rings (SSSR count). The second kappa shape index (κ2) is 6.82. The predicted octanol–water partition coefficient (Wildman–Crippen LogP) is 2.45. The Balaban J connectivity index is 2.78. The first-order valence-electron chi connectivity index (χ1n) is 6.68. The van der Waals surface area contributed by atoms with Crippen LogP contribution in [0.2, 0.25) is 0 Å². The Bertz CT molecular complexity index is 389. The second-order valence-corrected chi connectivity index (χ2v) is 6.28. The average Bonchev–Trinajstić information content (AvgIpc) is 2.33. The van der Waals surface area contributed by atoms with Crippen LogP contribution in [-0.2, 0) is 0 Å². The normalized spacial score (nSPS) is 15.1. The Morgan fingerprint density at radius 1 is 1.32 bits per heavy atom.